The molecule has 0 amide bonds. The van der Waals surface area contributed by atoms with Gasteiger partial charge in [0.1, 0.15) is 6.10 Å². The number of aliphatic imine (C=N–C) groups is 1. The highest BCUT2D eigenvalue weighted by molar-refractivity contribution is 5.84. The van der Waals surface area contributed by atoms with Gasteiger partial charge in [-0.25, -0.2) is 4.99 Å². The molecule has 0 aromatic carbocycles. The molecule has 3 heteroatoms. The monoisotopic (exact) mass is 194 g/mol. The highest BCUT2D eigenvalue weighted by Crippen LogP contribution is 2.21. The number of likely N-dealkylation sites (tertiary alicyclic amines) is 1. The first-order chi connectivity index (χ1) is 6.66. The van der Waals surface area contributed by atoms with Crippen molar-refractivity contribution in [2.45, 2.75) is 38.8 Å². The number of nitrogens with zero attached hydrogens (tertiary/aromatic N) is 2. The molecule has 78 valence electrons. The molecule has 1 fully saturated rings. The van der Waals surface area contributed by atoms with E-state index < -0.39 is 0 Å². The zero-order valence-corrected chi connectivity index (χ0v) is 9.16. The highest BCUT2D eigenvalue weighted by Gasteiger charge is 2.29. The van der Waals surface area contributed by atoms with Crippen LogP contribution in [0.1, 0.15) is 26.7 Å². The molecule has 2 aliphatic rings. The van der Waals surface area contributed by atoms with Gasteiger partial charge in [0.2, 0.25) is 5.90 Å². The van der Waals surface area contributed by atoms with Crippen LogP contribution in [0, 0.1) is 0 Å². The van der Waals surface area contributed by atoms with Crippen molar-refractivity contribution >= 4 is 5.90 Å². The molecular formula is C11H18N2O. The molecule has 2 rings (SSSR count). The molecule has 0 aliphatic carbocycles. The summed E-state index contributed by atoms with van der Waals surface area (Å²) < 4.78 is 5.74. The lowest BCUT2D eigenvalue weighted by Gasteiger charge is -2.26. The molecule has 0 N–H and O–H groups in total. The van der Waals surface area contributed by atoms with Crippen molar-refractivity contribution in [1.82, 2.24) is 4.90 Å². The summed E-state index contributed by atoms with van der Waals surface area (Å²) in [5, 5.41) is 0. The van der Waals surface area contributed by atoms with Crippen LogP contribution < -0.4 is 0 Å². The Morgan fingerprint density at radius 1 is 1.57 bits per heavy atom. The summed E-state index contributed by atoms with van der Waals surface area (Å²) in [7, 11) is 2.14. The van der Waals surface area contributed by atoms with E-state index in [1.807, 2.05) is 6.92 Å². The summed E-state index contributed by atoms with van der Waals surface area (Å²) in [5.74, 6) is 0.914. The van der Waals surface area contributed by atoms with Gasteiger partial charge in [-0.2, -0.15) is 0 Å². The van der Waals surface area contributed by atoms with Crippen LogP contribution in [0.15, 0.2) is 16.8 Å². The van der Waals surface area contributed by atoms with E-state index in [0.717, 1.165) is 18.1 Å². The van der Waals surface area contributed by atoms with Crippen molar-refractivity contribution in [2.24, 2.45) is 4.99 Å². The molecule has 3 nitrogen and oxygen atoms in total. The minimum atomic E-state index is 0.177. The first kappa shape index (κ1) is 9.71. The van der Waals surface area contributed by atoms with Crippen LogP contribution in [-0.4, -0.2) is 36.5 Å². The Morgan fingerprint density at radius 2 is 2.36 bits per heavy atom. The Balaban J connectivity index is 2.14. The van der Waals surface area contributed by atoms with E-state index in [1.165, 1.54) is 12.8 Å². The van der Waals surface area contributed by atoms with Gasteiger partial charge >= 0.3 is 0 Å². The van der Waals surface area contributed by atoms with Gasteiger partial charge in [0.15, 0.2) is 0 Å². The Morgan fingerprint density at radius 3 is 2.93 bits per heavy atom. The zero-order valence-electron chi connectivity index (χ0n) is 9.16. The summed E-state index contributed by atoms with van der Waals surface area (Å²) in [6.07, 6.45) is 4.66. The SMILES string of the molecule is CC1=CC(C)OC(C2CCCN2C)=N1. The van der Waals surface area contributed by atoms with Crippen LogP contribution in [0.5, 0.6) is 0 Å². The van der Waals surface area contributed by atoms with Gasteiger partial charge in [0.05, 0.1) is 6.04 Å². The smallest absolute Gasteiger partial charge is 0.206 e. The topological polar surface area (TPSA) is 24.8 Å². The lowest BCUT2D eigenvalue weighted by Crippen LogP contribution is -2.37. The van der Waals surface area contributed by atoms with E-state index in [1.54, 1.807) is 0 Å². The van der Waals surface area contributed by atoms with Gasteiger partial charge < -0.3 is 4.74 Å². The summed E-state index contributed by atoms with van der Waals surface area (Å²) in [4.78, 5) is 6.80. The van der Waals surface area contributed by atoms with E-state index in [0.29, 0.717) is 6.04 Å². The van der Waals surface area contributed by atoms with Gasteiger partial charge in [-0.1, -0.05) is 0 Å². The number of rotatable bonds is 1. The fraction of sp³-hybridized carbons (Fsp3) is 0.727. The molecule has 0 radical (unpaired) electrons. The van der Waals surface area contributed by atoms with Crippen LogP contribution in [0.3, 0.4) is 0 Å². The van der Waals surface area contributed by atoms with E-state index in [2.05, 4.69) is 29.9 Å². The molecule has 2 unspecified atom stereocenters. The Hall–Kier alpha value is -0.830. The number of hydrogen-bond acceptors (Lipinski definition) is 3. The lowest BCUT2D eigenvalue weighted by atomic mass is 10.2. The number of likely N-dealkylation sites (N-methyl/N-ethyl adjacent to an activating group) is 1. The zero-order chi connectivity index (χ0) is 10.1. The van der Waals surface area contributed by atoms with E-state index in [9.17, 15) is 0 Å². The number of allylic oxidation sites excluding steroid dienone is 1. The van der Waals surface area contributed by atoms with Gasteiger partial charge in [-0.05, 0) is 46.4 Å². The first-order valence-electron chi connectivity index (χ1n) is 5.30. The van der Waals surface area contributed by atoms with Crippen molar-refractivity contribution < 1.29 is 4.74 Å². The van der Waals surface area contributed by atoms with Gasteiger partial charge in [-0.3, -0.25) is 4.90 Å². The molecule has 1 saturated heterocycles. The summed E-state index contributed by atoms with van der Waals surface area (Å²) >= 11 is 0. The van der Waals surface area contributed by atoms with Crippen LogP contribution in [0.4, 0.5) is 0 Å². The molecule has 0 saturated carbocycles. The molecular weight excluding hydrogens is 176 g/mol. The molecule has 2 atom stereocenters. The second-order valence-corrected chi connectivity index (χ2v) is 4.22. The van der Waals surface area contributed by atoms with Gasteiger partial charge in [0.25, 0.3) is 0 Å². The van der Waals surface area contributed by atoms with Gasteiger partial charge in [0, 0.05) is 5.70 Å². The van der Waals surface area contributed by atoms with Crippen LogP contribution >= 0.6 is 0 Å². The number of ether oxygens (including phenoxy) is 1. The molecule has 2 aliphatic heterocycles. The first-order valence-corrected chi connectivity index (χ1v) is 5.30. The second-order valence-electron chi connectivity index (χ2n) is 4.22. The molecule has 2 heterocycles. The highest BCUT2D eigenvalue weighted by atomic mass is 16.5. The predicted molar refractivity (Wildman–Crippen MR) is 57.4 cm³/mol. The van der Waals surface area contributed by atoms with Gasteiger partial charge in [-0.15, -0.1) is 0 Å². The third kappa shape index (κ3) is 1.82. The molecule has 14 heavy (non-hydrogen) atoms. The maximum atomic E-state index is 5.74. The normalized spacial score (nSPS) is 33.6. The molecule has 0 spiro atoms. The van der Waals surface area contributed by atoms with Crippen LogP contribution in [0.25, 0.3) is 0 Å². The quantitative estimate of drug-likeness (QED) is 0.636. The van der Waals surface area contributed by atoms with E-state index >= 15 is 0 Å². The molecule has 0 aromatic heterocycles. The lowest BCUT2D eigenvalue weighted by molar-refractivity contribution is 0.213. The Bertz CT molecular complexity index is 283. The van der Waals surface area contributed by atoms with Crippen molar-refractivity contribution in [3.05, 3.63) is 11.8 Å². The van der Waals surface area contributed by atoms with Crippen molar-refractivity contribution in [2.75, 3.05) is 13.6 Å². The fourth-order valence-electron chi connectivity index (χ4n) is 2.18. The van der Waals surface area contributed by atoms with Crippen LogP contribution in [-0.2, 0) is 4.74 Å². The Labute approximate surface area is 85.5 Å². The minimum Gasteiger partial charge on any atom is -0.472 e. The average Bonchev–Trinajstić information content (AvgIpc) is 2.49. The predicted octanol–water partition coefficient (Wildman–Crippen LogP) is 1.80. The van der Waals surface area contributed by atoms with E-state index in [-0.39, 0.29) is 6.10 Å². The fourth-order valence-corrected chi connectivity index (χ4v) is 2.18. The molecule has 0 aromatic rings. The van der Waals surface area contributed by atoms with Crippen molar-refractivity contribution in [3.63, 3.8) is 0 Å². The second kappa shape index (κ2) is 3.73. The third-order valence-corrected chi connectivity index (χ3v) is 2.87. The summed E-state index contributed by atoms with van der Waals surface area (Å²) in [5.41, 5.74) is 1.08. The summed E-state index contributed by atoms with van der Waals surface area (Å²) in [6, 6.07) is 0.404. The minimum absolute atomic E-state index is 0.177. The van der Waals surface area contributed by atoms with Crippen molar-refractivity contribution in [3.8, 4) is 0 Å². The number of hydrogen-bond donors (Lipinski definition) is 0. The van der Waals surface area contributed by atoms with Crippen molar-refractivity contribution in [1.29, 1.82) is 0 Å². The largest absolute Gasteiger partial charge is 0.472 e. The van der Waals surface area contributed by atoms with Crippen LogP contribution in [0.2, 0.25) is 0 Å². The summed E-state index contributed by atoms with van der Waals surface area (Å²) in [6.45, 7) is 5.26. The maximum Gasteiger partial charge on any atom is 0.206 e. The average molecular weight is 194 g/mol. The Kier molecular flexibility index (Phi) is 2.59. The molecule has 0 bridgehead atoms. The van der Waals surface area contributed by atoms with E-state index in [4.69, 9.17) is 4.74 Å². The standard InChI is InChI=1S/C11H18N2O/c1-8-7-9(2)14-11(12-8)10-5-4-6-13(10)3/h7,9-10H,4-6H2,1-3H3. The maximum absolute atomic E-state index is 5.74. The third-order valence-electron chi connectivity index (χ3n) is 2.87.